The number of carbonyl (C=O) groups is 1. The van der Waals surface area contributed by atoms with Crippen molar-refractivity contribution in [1.82, 2.24) is 4.98 Å². The summed E-state index contributed by atoms with van der Waals surface area (Å²) in [6, 6.07) is 15.9. The lowest BCUT2D eigenvalue weighted by Crippen LogP contribution is -2.24. The molecule has 3 aromatic rings. The number of carbonyl (C=O) groups excluding carboxylic acids is 1. The lowest BCUT2D eigenvalue weighted by Gasteiger charge is -2.13. The van der Waals surface area contributed by atoms with E-state index in [1.807, 2.05) is 38.1 Å². The highest BCUT2D eigenvalue weighted by atomic mass is 32.2. The van der Waals surface area contributed by atoms with Crippen molar-refractivity contribution in [1.29, 1.82) is 0 Å². The third-order valence-electron chi connectivity index (χ3n) is 4.17. The van der Waals surface area contributed by atoms with Crippen LogP contribution in [0.5, 0.6) is 0 Å². The average molecular weight is 398 g/mol. The Morgan fingerprint density at radius 1 is 1.15 bits per heavy atom. The van der Waals surface area contributed by atoms with E-state index in [1.54, 1.807) is 11.8 Å². The topological polar surface area (TPSA) is 68.0 Å². The van der Waals surface area contributed by atoms with Gasteiger partial charge in [0, 0.05) is 21.0 Å². The van der Waals surface area contributed by atoms with Gasteiger partial charge in [0.05, 0.1) is 10.9 Å². The van der Waals surface area contributed by atoms with Crippen molar-refractivity contribution in [3.05, 3.63) is 59.0 Å². The van der Waals surface area contributed by atoms with E-state index in [0.717, 1.165) is 33.1 Å². The zero-order chi connectivity index (χ0) is 19.4. The molecule has 3 rings (SSSR count). The summed E-state index contributed by atoms with van der Waals surface area (Å²) < 4.78 is 0. The molecular formula is C21H23N3OS2. The van der Waals surface area contributed by atoms with Crippen LogP contribution in [0.1, 0.15) is 23.8 Å². The smallest absolute Gasteiger partial charge is 0.239 e. The first-order valence-electron chi connectivity index (χ1n) is 8.83. The zero-order valence-corrected chi connectivity index (χ0v) is 17.3. The molecule has 0 fully saturated rings. The first kappa shape index (κ1) is 19.5. The first-order chi connectivity index (χ1) is 13.0. The number of anilines is 2. The quantitative estimate of drug-likeness (QED) is 0.424. The SMILES string of the molecule is CCC(Sc1ccc(N)cc1)C(=O)Nc1nc(-c2ccc(C)cc2)c(C)s1. The van der Waals surface area contributed by atoms with Gasteiger partial charge in [-0.2, -0.15) is 0 Å². The van der Waals surface area contributed by atoms with Crippen molar-refractivity contribution < 1.29 is 4.79 Å². The normalized spacial score (nSPS) is 12.0. The Kier molecular flexibility index (Phi) is 6.19. The number of nitrogen functional groups attached to an aromatic ring is 1. The number of nitrogens with zero attached hydrogens (tertiary/aromatic N) is 1. The van der Waals surface area contributed by atoms with Gasteiger partial charge in [0.15, 0.2) is 5.13 Å². The van der Waals surface area contributed by atoms with Crippen LogP contribution in [0.15, 0.2) is 53.4 Å². The van der Waals surface area contributed by atoms with Gasteiger partial charge in [-0.25, -0.2) is 4.98 Å². The number of aryl methyl sites for hydroxylation is 2. The molecule has 27 heavy (non-hydrogen) atoms. The standard InChI is InChI=1S/C21H23N3OS2/c1-4-18(27-17-11-9-16(22)10-12-17)20(25)24-21-23-19(14(3)26-21)15-7-5-13(2)6-8-15/h5-12,18H,4,22H2,1-3H3,(H,23,24,25). The third kappa shape index (κ3) is 4.90. The predicted molar refractivity (Wildman–Crippen MR) is 116 cm³/mol. The molecule has 0 aliphatic carbocycles. The number of aromatic nitrogens is 1. The second-order valence-electron chi connectivity index (χ2n) is 6.36. The molecule has 1 unspecified atom stereocenters. The summed E-state index contributed by atoms with van der Waals surface area (Å²) in [5.41, 5.74) is 9.66. The highest BCUT2D eigenvalue weighted by Gasteiger charge is 2.20. The number of nitrogens with two attached hydrogens (primary N) is 1. The molecule has 0 radical (unpaired) electrons. The van der Waals surface area contributed by atoms with Gasteiger partial charge in [-0.3, -0.25) is 4.79 Å². The van der Waals surface area contributed by atoms with Gasteiger partial charge in [-0.05, 0) is 44.5 Å². The number of amides is 1. The van der Waals surface area contributed by atoms with Crippen molar-refractivity contribution in [2.24, 2.45) is 0 Å². The number of nitrogens with one attached hydrogen (secondary N) is 1. The molecular weight excluding hydrogens is 374 g/mol. The highest BCUT2D eigenvalue weighted by molar-refractivity contribution is 8.00. The van der Waals surface area contributed by atoms with Gasteiger partial charge in [0.1, 0.15) is 0 Å². The van der Waals surface area contributed by atoms with Crippen LogP contribution in [0.4, 0.5) is 10.8 Å². The molecule has 1 amide bonds. The molecule has 140 valence electrons. The molecule has 0 saturated heterocycles. The van der Waals surface area contributed by atoms with Crippen LogP contribution in [0.25, 0.3) is 11.3 Å². The number of hydrogen-bond donors (Lipinski definition) is 2. The van der Waals surface area contributed by atoms with Gasteiger partial charge >= 0.3 is 0 Å². The van der Waals surface area contributed by atoms with Crippen LogP contribution in [0, 0.1) is 13.8 Å². The Morgan fingerprint density at radius 3 is 2.44 bits per heavy atom. The van der Waals surface area contributed by atoms with Crippen LogP contribution in [0.3, 0.4) is 0 Å². The predicted octanol–water partition coefficient (Wildman–Crippen LogP) is 5.52. The summed E-state index contributed by atoms with van der Waals surface area (Å²) >= 11 is 3.05. The van der Waals surface area contributed by atoms with E-state index in [-0.39, 0.29) is 11.2 Å². The van der Waals surface area contributed by atoms with Crippen molar-refractivity contribution >= 4 is 39.8 Å². The average Bonchev–Trinajstić information content (AvgIpc) is 3.02. The van der Waals surface area contributed by atoms with Crippen LogP contribution in [-0.2, 0) is 4.79 Å². The Bertz CT molecular complexity index is 918. The van der Waals surface area contributed by atoms with E-state index in [0.29, 0.717) is 5.13 Å². The van der Waals surface area contributed by atoms with E-state index < -0.39 is 0 Å². The van der Waals surface area contributed by atoms with Crippen molar-refractivity contribution in [3.8, 4) is 11.3 Å². The lowest BCUT2D eigenvalue weighted by molar-refractivity contribution is -0.115. The summed E-state index contributed by atoms with van der Waals surface area (Å²) in [5.74, 6) is -0.0245. The summed E-state index contributed by atoms with van der Waals surface area (Å²) in [4.78, 5) is 19.5. The third-order valence-corrected chi connectivity index (χ3v) is 6.44. The maximum absolute atomic E-state index is 12.7. The molecule has 4 nitrogen and oxygen atoms in total. The zero-order valence-electron chi connectivity index (χ0n) is 15.7. The number of thiazole rings is 1. The van der Waals surface area contributed by atoms with E-state index in [1.165, 1.54) is 16.9 Å². The molecule has 1 aromatic heterocycles. The molecule has 6 heteroatoms. The van der Waals surface area contributed by atoms with Crippen LogP contribution < -0.4 is 11.1 Å². The van der Waals surface area contributed by atoms with Gasteiger partial charge in [0.2, 0.25) is 5.91 Å². The Labute approximate surface area is 168 Å². The molecule has 0 aliphatic rings. The number of rotatable bonds is 6. The lowest BCUT2D eigenvalue weighted by atomic mass is 10.1. The molecule has 2 aromatic carbocycles. The van der Waals surface area contributed by atoms with Crippen molar-refractivity contribution in [2.45, 2.75) is 37.3 Å². The van der Waals surface area contributed by atoms with Gasteiger partial charge in [0.25, 0.3) is 0 Å². The molecule has 0 aliphatic heterocycles. The number of benzene rings is 2. The summed E-state index contributed by atoms with van der Waals surface area (Å²) in [6.45, 7) is 6.11. The van der Waals surface area contributed by atoms with E-state index in [2.05, 4.69) is 41.5 Å². The minimum Gasteiger partial charge on any atom is -0.399 e. The largest absolute Gasteiger partial charge is 0.399 e. The molecule has 1 heterocycles. The Morgan fingerprint density at radius 2 is 1.81 bits per heavy atom. The van der Waals surface area contributed by atoms with E-state index in [9.17, 15) is 4.79 Å². The van der Waals surface area contributed by atoms with Gasteiger partial charge in [-0.15, -0.1) is 23.1 Å². The number of hydrogen-bond acceptors (Lipinski definition) is 5. The van der Waals surface area contributed by atoms with Crippen LogP contribution >= 0.6 is 23.1 Å². The molecule has 0 saturated carbocycles. The first-order valence-corrected chi connectivity index (χ1v) is 10.5. The highest BCUT2D eigenvalue weighted by Crippen LogP contribution is 2.32. The van der Waals surface area contributed by atoms with Gasteiger partial charge in [-0.1, -0.05) is 36.8 Å². The minimum absolute atomic E-state index is 0.0245. The maximum atomic E-state index is 12.7. The summed E-state index contributed by atoms with van der Waals surface area (Å²) in [6.07, 6.45) is 0.732. The number of thioether (sulfide) groups is 1. The van der Waals surface area contributed by atoms with Gasteiger partial charge < -0.3 is 11.1 Å². The summed E-state index contributed by atoms with van der Waals surface area (Å²) in [5, 5.41) is 3.45. The fourth-order valence-corrected chi connectivity index (χ4v) is 4.44. The Hall–Kier alpha value is -2.31. The minimum atomic E-state index is -0.180. The maximum Gasteiger partial charge on any atom is 0.239 e. The van der Waals surface area contributed by atoms with E-state index >= 15 is 0 Å². The van der Waals surface area contributed by atoms with Crippen LogP contribution in [0.2, 0.25) is 0 Å². The van der Waals surface area contributed by atoms with Crippen LogP contribution in [-0.4, -0.2) is 16.1 Å². The fourth-order valence-electron chi connectivity index (χ4n) is 2.65. The fraction of sp³-hybridized carbons (Fsp3) is 0.238. The van der Waals surface area contributed by atoms with E-state index in [4.69, 9.17) is 5.73 Å². The summed E-state index contributed by atoms with van der Waals surface area (Å²) in [7, 11) is 0. The van der Waals surface area contributed by atoms with Crippen molar-refractivity contribution in [2.75, 3.05) is 11.1 Å². The second-order valence-corrected chi connectivity index (χ2v) is 8.84. The molecule has 1 atom stereocenters. The second kappa shape index (κ2) is 8.59. The molecule has 0 spiro atoms. The monoisotopic (exact) mass is 397 g/mol. The van der Waals surface area contributed by atoms with Crippen molar-refractivity contribution in [3.63, 3.8) is 0 Å². The molecule has 3 N–H and O–H groups in total. The Balaban J connectivity index is 1.71. The molecule has 0 bridgehead atoms.